The Bertz CT molecular complexity index is 398. The van der Waals surface area contributed by atoms with Crippen LogP contribution in [0, 0.1) is 0 Å². The molecular weight excluding hydrogens is 186 g/mol. The molecule has 15 heavy (non-hydrogen) atoms. The van der Waals surface area contributed by atoms with E-state index in [4.69, 9.17) is 0 Å². The van der Waals surface area contributed by atoms with E-state index in [0.717, 1.165) is 31.8 Å². The van der Waals surface area contributed by atoms with Crippen molar-refractivity contribution >= 4 is 11.5 Å². The predicted octanol–water partition coefficient (Wildman–Crippen LogP) is 1.41. The highest BCUT2D eigenvalue weighted by molar-refractivity contribution is 5.91. The van der Waals surface area contributed by atoms with Gasteiger partial charge in [-0.05, 0) is 24.5 Å². The second-order valence-electron chi connectivity index (χ2n) is 4.09. The number of amidine groups is 1. The topological polar surface area (TPSA) is 36.4 Å². The van der Waals surface area contributed by atoms with E-state index in [1.165, 1.54) is 11.3 Å². The van der Waals surface area contributed by atoms with Crippen molar-refractivity contribution in [1.82, 2.24) is 5.32 Å². The van der Waals surface area contributed by atoms with Crippen molar-refractivity contribution in [3.63, 3.8) is 0 Å². The van der Waals surface area contributed by atoms with Gasteiger partial charge in [-0.1, -0.05) is 18.2 Å². The number of aryl methyl sites for hydroxylation is 1. The van der Waals surface area contributed by atoms with Crippen molar-refractivity contribution in [3.05, 3.63) is 29.8 Å². The minimum Gasteiger partial charge on any atom is -0.375 e. The molecule has 2 heterocycles. The van der Waals surface area contributed by atoms with Gasteiger partial charge in [-0.15, -0.1) is 0 Å². The fourth-order valence-corrected chi connectivity index (χ4v) is 2.29. The first kappa shape index (κ1) is 8.77. The smallest absolute Gasteiger partial charge is 0.119 e. The maximum absolute atomic E-state index is 4.48. The van der Waals surface area contributed by atoms with E-state index in [9.17, 15) is 0 Å². The van der Waals surface area contributed by atoms with Crippen molar-refractivity contribution < 1.29 is 0 Å². The second kappa shape index (κ2) is 3.57. The van der Waals surface area contributed by atoms with Crippen LogP contribution in [0.15, 0.2) is 29.3 Å². The molecule has 2 aliphatic rings. The van der Waals surface area contributed by atoms with Crippen LogP contribution >= 0.6 is 0 Å². The van der Waals surface area contributed by atoms with Crippen LogP contribution in [0.3, 0.4) is 0 Å². The fourth-order valence-electron chi connectivity index (χ4n) is 2.29. The van der Waals surface area contributed by atoms with Gasteiger partial charge in [0.1, 0.15) is 5.84 Å². The first-order chi connectivity index (χ1) is 7.43. The molecule has 1 aromatic carbocycles. The molecule has 1 aromatic rings. The zero-order chi connectivity index (χ0) is 10.1. The first-order valence-corrected chi connectivity index (χ1v) is 5.56. The van der Waals surface area contributed by atoms with Crippen molar-refractivity contribution in [2.75, 3.05) is 18.4 Å². The van der Waals surface area contributed by atoms with Gasteiger partial charge in [0.15, 0.2) is 0 Å². The average Bonchev–Trinajstić information content (AvgIpc) is 2.82. The van der Waals surface area contributed by atoms with Crippen LogP contribution < -0.4 is 10.6 Å². The summed E-state index contributed by atoms with van der Waals surface area (Å²) in [6.07, 6.45) is 2.29. The van der Waals surface area contributed by atoms with E-state index >= 15 is 0 Å². The molecule has 0 aliphatic carbocycles. The zero-order valence-electron chi connectivity index (χ0n) is 8.66. The number of para-hydroxylation sites is 1. The van der Waals surface area contributed by atoms with Crippen LogP contribution in [0.5, 0.6) is 0 Å². The lowest BCUT2D eigenvalue weighted by molar-refractivity contribution is 0.742. The molecule has 1 unspecified atom stereocenters. The lowest BCUT2D eigenvalue weighted by atomic mass is 9.97. The highest BCUT2D eigenvalue weighted by atomic mass is 15.1. The molecular formula is C12H15N3. The van der Waals surface area contributed by atoms with E-state index in [2.05, 4.69) is 39.9 Å². The summed E-state index contributed by atoms with van der Waals surface area (Å²) in [5, 5.41) is 6.89. The summed E-state index contributed by atoms with van der Waals surface area (Å²) in [6, 6.07) is 8.92. The van der Waals surface area contributed by atoms with Gasteiger partial charge in [0.2, 0.25) is 0 Å². The van der Waals surface area contributed by atoms with Gasteiger partial charge in [0, 0.05) is 12.2 Å². The van der Waals surface area contributed by atoms with Crippen molar-refractivity contribution in [3.8, 4) is 0 Å². The van der Waals surface area contributed by atoms with Crippen LogP contribution in [-0.2, 0) is 6.42 Å². The molecule has 3 heteroatoms. The highest BCUT2D eigenvalue weighted by Gasteiger charge is 2.22. The molecule has 2 N–H and O–H groups in total. The number of nitrogens with zero attached hydrogens (tertiary/aromatic N) is 1. The molecule has 0 fully saturated rings. The molecule has 0 radical (unpaired) electrons. The summed E-state index contributed by atoms with van der Waals surface area (Å²) in [6.45, 7) is 1.92. The third-order valence-electron chi connectivity index (χ3n) is 3.08. The van der Waals surface area contributed by atoms with Gasteiger partial charge in [0.25, 0.3) is 0 Å². The van der Waals surface area contributed by atoms with Crippen LogP contribution in [0.25, 0.3) is 0 Å². The van der Waals surface area contributed by atoms with Crippen LogP contribution in [0.2, 0.25) is 0 Å². The van der Waals surface area contributed by atoms with Gasteiger partial charge in [-0.3, -0.25) is 4.99 Å². The fraction of sp³-hybridized carbons (Fsp3) is 0.417. The summed E-state index contributed by atoms with van der Waals surface area (Å²) < 4.78 is 0. The summed E-state index contributed by atoms with van der Waals surface area (Å²) in [7, 11) is 0. The van der Waals surface area contributed by atoms with Crippen LogP contribution in [0.1, 0.15) is 12.0 Å². The summed E-state index contributed by atoms with van der Waals surface area (Å²) >= 11 is 0. The Hall–Kier alpha value is -1.51. The molecule has 3 rings (SSSR count). The highest BCUT2D eigenvalue weighted by Crippen LogP contribution is 2.24. The molecule has 3 nitrogen and oxygen atoms in total. The Morgan fingerprint density at radius 3 is 3.07 bits per heavy atom. The van der Waals surface area contributed by atoms with Crippen molar-refractivity contribution in [2.24, 2.45) is 4.99 Å². The average molecular weight is 201 g/mol. The SMILES string of the molecule is c1ccc2c(c1)CCC(C1=NCCN1)N2. The van der Waals surface area contributed by atoms with Gasteiger partial charge in [-0.25, -0.2) is 0 Å². The summed E-state index contributed by atoms with van der Waals surface area (Å²) in [5.41, 5.74) is 2.69. The van der Waals surface area contributed by atoms with E-state index in [1.807, 2.05) is 0 Å². The van der Waals surface area contributed by atoms with E-state index in [0.29, 0.717) is 6.04 Å². The molecule has 0 saturated carbocycles. The standard InChI is InChI=1S/C12H15N3/c1-2-4-10-9(3-1)5-6-11(15-10)12-13-7-8-14-12/h1-4,11,15H,5-8H2,(H,13,14). The summed E-state index contributed by atoms with van der Waals surface area (Å²) in [4.78, 5) is 4.48. The minimum absolute atomic E-state index is 0.391. The second-order valence-corrected chi connectivity index (χ2v) is 4.09. The molecule has 2 aliphatic heterocycles. The molecule has 0 saturated heterocycles. The number of fused-ring (bicyclic) bond motifs is 1. The number of benzene rings is 1. The molecule has 0 bridgehead atoms. The zero-order valence-corrected chi connectivity index (χ0v) is 8.66. The van der Waals surface area contributed by atoms with Crippen LogP contribution in [0.4, 0.5) is 5.69 Å². The number of hydrogen-bond acceptors (Lipinski definition) is 3. The first-order valence-electron chi connectivity index (χ1n) is 5.56. The number of nitrogens with one attached hydrogen (secondary N) is 2. The maximum atomic E-state index is 4.48. The number of rotatable bonds is 1. The predicted molar refractivity (Wildman–Crippen MR) is 62.5 cm³/mol. The van der Waals surface area contributed by atoms with Crippen molar-refractivity contribution in [1.29, 1.82) is 0 Å². The quantitative estimate of drug-likeness (QED) is 0.721. The Kier molecular flexibility index (Phi) is 2.09. The third kappa shape index (κ3) is 1.58. The normalized spacial score (nSPS) is 23.7. The van der Waals surface area contributed by atoms with Gasteiger partial charge in [0.05, 0.1) is 12.6 Å². The van der Waals surface area contributed by atoms with Crippen LogP contribution in [-0.4, -0.2) is 25.0 Å². The lowest BCUT2D eigenvalue weighted by Crippen LogP contribution is -2.39. The molecule has 0 amide bonds. The lowest BCUT2D eigenvalue weighted by Gasteiger charge is -2.27. The number of anilines is 1. The van der Waals surface area contributed by atoms with E-state index < -0.39 is 0 Å². The van der Waals surface area contributed by atoms with E-state index in [1.54, 1.807) is 0 Å². The summed E-state index contributed by atoms with van der Waals surface area (Å²) in [5.74, 6) is 1.14. The molecule has 78 valence electrons. The monoisotopic (exact) mass is 201 g/mol. The largest absolute Gasteiger partial charge is 0.375 e. The van der Waals surface area contributed by atoms with Crippen molar-refractivity contribution in [2.45, 2.75) is 18.9 Å². The van der Waals surface area contributed by atoms with E-state index in [-0.39, 0.29) is 0 Å². The van der Waals surface area contributed by atoms with Gasteiger partial charge < -0.3 is 10.6 Å². The van der Waals surface area contributed by atoms with Gasteiger partial charge in [-0.2, -0.15) is 0 Å². The Balaban J connectivity index is 1.82. The Morgan fingerprint density at radius 1 is 1.27 bits per heavy atom. The maximum Gasteiger partial charge on any atom is 0.119 e. The Labute approximate surface area is 89.6 Å². The molecule has 1 atom stereocenters. The number of aliphatic imine (C=N–C) groups is 1. The minimum atomic E-state index is 0.391. The van der Waals surface area contributed by atoms with Gasteiger partial charge >= 0.3 is 0 Å². The molecule has 0 spiro atoms. The molecule has 0 aromatic heterocycles. The Morgan fingerprint density at radius 2 is 2.20 bits per heavy atom. The number of hydrogen-bond donors (Lipinski definition) is 2. The third-order valence-corrected chi connectivity index (χ3v) is 3.08.